The number of nitrogens with zero attached hydrogens (tertiary/aromatic N) is 3. The number of hydrogen-bond acceptors (Lipinski definition) is 2. The molecule has 2 aromatic heterocycles. The van der Waals surface area contributed by atoms with Gasteiger partial charge in [-0.3, -0.25) is 4.79 Å². The number of aryl methyl sites for hydroxylation is 1. The molecule has 0 bridgehead atoms. The van der Waals surface area contributed by atoms with Crippen LogP contribution < -0.4 is 0 Å². The van der Waals surface area contributed by atoms with Crippen LogP contribution in [0.1, 0.15) is 26.4 Å². The average Bonchev–Trinajstić information content (AvgIpc) is 3.01. The molecule has 1 amide bonds. The van der Waals surface area contributed by atoms with Crippen LogP contribution >= 0.6 is 0 Å². The standard InChI is InChI=1S/C19H21N3O/c1-13-5-8-15(9-6-13)19-16(11-18(23)21(3)4)22-12-14(2)7-10-17(22)20-19/h5-10,12H,11H2,1-4H3/i2D3,5D,6D,8D,9D. The molecule has 0 aliphatic heterocycles. The summed E-state index contributed by atoms with van der Waals surface area (Å²) >= 11 is 0. The van der Waals surface area contributed by atoms with Gasteiger partial charge in [0.2, 0.25) is 5.91 Å². The Morgan fingerprint density at radius 2 is 2.00 bits per heavy atom. The number of carbonyl (C=O) groups excluding carboxylic acids is 1. The molecule has 3 rings (SSSR count). The first-order valence-electron chi connectivity index (χ1n) is 10.6. The molecule has 0 radical (unpaired) electrons. The van der Waals surface area contributed by atoms with Crippen molar-refractivity contribution in [3.8, 4) is 11.3 Å². The van der Waals surface area contributed by atoms with Gasteiger partial charge in [-0.1, -0.05) is 35.8 Å². The van der Waals surface area contributed by atoms with Crippen LogP contribution in [-0.2, 0) is 11.2 Å². The Balaban J connectivity index is 2.39. The molecule has 0 saturated carbocycles. The predicted octanol–water partition coefficient (Wildman–Crippen LogP) is 3.25. The van der Waals surface area contributed by atoms with Crippen molar-refractivity contribution < 1.29 is 14.4 Å². The van der Waals surface area contributed by atoms with Crippen molar-refractivity contribution in [2.75, 3.05) is 14.1 Å². The van der Waals surface area contributed by atoms with E-state index in [9.17, 15) is 4.79 Å². The van der Waals surface area contributed by atoms with E-state index in [0.717, 1.165) is 0 Å². The molecule has 0 aliphatic carbocycles. The lowest BCUT2D eigenvalue weighted by molar-refractivity contribution is -0.128. The van der Waals surface area contributed by atoms with Crippen molar-refractivity contribution in [1.82, 2.24) is 14.3 Å². The highest BCUT2D eigenvalue weighted by Gasteiger charge is 2.18. The maximum absolute atomic E-state index is 12.5. The first-order chi connectivity index (χ1) is 13.8. The van der Waals surface area contributed by atoms with E-state index in [-0.39, 0.29) is 58.9 Å². The minimum absolute atomic E-state index is 0.0173. The minimum atomic E-state index is -2.37. The maximum atomic E-state index is 12.5. The van der Waals surface area contributed by atoms with Crippen LogP contribution in [0.15, 0.2) is 42.5 Å². The van der Waals surface area contributed by atoms with Crippen molar-refractivity contribution in [2.24, 2.45) is 0 Å². The van der Waals surface area contributed by atoms with Crippen LogP contribution in [0.4, 0.5) is 0 Å². The molecule has 3 aromatic rings. The highest BCUT2D eigenvalue weighted by atomic mass is 16.2. The lowest BCUT2D eigenvalue weighted by atomic mass is 10.1. The smallest absolute Gasteiger partial charge is 0.228 e. The minimum Gasteiger partial charge on any atom is -0.348 e. The van der Waals surface area contributed by atoms with E-state index in [1.54, 1.807) is 14.1 Å². The number of fused-ring (bicyclic) bond motifs is 1. The van der Waals surface area contributed by atoms with E-state index in [1.807, 2.05) is 0 Å². The quantitative estimate of drug-likeness (QED) is 0.744. The zero-order chi connectivity index (χ0) is 22.5. The molecule has 0 saturated heterocycles. The maximum Gasteiger partial charge on any atom is 0.228 e. The van der Waals surface area contributed by atoms with Gasteiger partial charge in [-0.05, 0) is 25.4 Å². The first-order valence-corrected chi connectivity index (χ1v) is 7.13. The number of benzene rings is 1. The summed E-state index contributed by atoms with van der Waals surface area (Å²) in [5.41, 5.74) is 1.03. The van der Waals surface area contributed by atoms with Gasteiger partial charge in [0.1, 0.15) is 5.65 Å². The SMILES string of the molecule is [2H]c1c([2H])c(-c2nc3ccc(C([2H])([2H])[2H])cn3c2CC(=O)N(C)C)c([2H])c([2H])c1C. The van der Waals surface area contributed by atoms with Crippen LogP contribution in [0.3, 0.4) is 0 Å². The van der Waals surface area contributed by atoms with Gasteiger partial charge in [0, 0.05) is 30.0 Å². The Morgan fingerprint density at radius 1 is 1.26 bits per heavy atom. The fraction of sp³-hybridized carbons (Fsp3) is 0.263. The number of rotatable bonds is 3. The van der Waals surface area contributed by atoms with Gasteiger partial charge in [0.25, 0.3) is 0 Å². The Labute approximate surface area is 146 Å². The van der Waals surface area contributed by atoms with E-state index in [4.69, 9.17) is 9.60 Å². The number of likely N-dealkylation sites (N-methyl/N-ethyl adjacent to an activating group) is 1. The zero-order valence-corrected chi connectivity index (χ0v) is 13.2. The molecule has 1 aromatic carbocycles. The van der Waals surface area contributed by atoms with Gasteiger partial charge in [0.05, 0.1) is 23.3 Å². The highest BCUT2D eigenvalue weighted by molar-refractivity contribution is 5.81. The fourth-order valence-corrected chi connectivity index (χ4v) is 2.26. The van der Waals surface area contributed by atoms with E-state index < -0.39 is 6.85 Å². The van der Waals surface area contributed by atoms with Gasteiger partial charge >= 0.3 is 0 Å². The molecule has 4 heteroatoms. The third kappa shape index (κ3) is 2.97. The second-order valence-corrected chi connectivity index (χ2v) is 5.52. The molecule has 0 atom stereocenters. The van der Waals surface area contributed by atoms with Crippen molar-refractivity contribution in [2.45, 2.75) is 20.2 Å². The largest absolute Gasteiger partial charge is 0.348 e. The number of imidazole rings is 1. The molecule has 118 valence electrons. The van der Waals surface area contributed by atoms with Crippen molar-refractivity contribution in [1.29, 1.82) is 0 Å². The predicted molar refractivity (Wildman–Crippen MR) is 92.5 cm³/mol. The number of pyridine rings is 1. The van der Waals surface area contributed by atoms with Gasteiger partial charge in [-0.25, -0.2) is 4.98 Å². The zero-order valence-electron chi connectivity index (χ0n) is 20.2. The van der Waals surface area contributed by atoms with E-state index in [1.165, 1.54) is 34.6 Å². The molecule has 0 N–H and O–H groups in total. The summed E-state index contributed by atoms with van der Waals surface area (Å²) in [6.07, 6.45) is 1.23. The summed E-state index contributed by atoms with van der Waals surface area (Å²) in [7, 11) is 3.17. The lowest BCUT2D eigenvalue weighted by Crippen LogP contribution is -2.24. The van der Waals surface area contributed by atoms with Crippen LogP contribution in [0, 0.1) is 13.8 Å². The summed E-state index contributed by atoms with van der Waals surface area (Å²) in [6, 6.07) is 2.03. The number of aromatic nitrogens is 2. The Kier molecular flexibility index (Phi) is 2.27. The van der Waals surface area contributed by atoms with E-state index in [2.05, 4.69) is 4.98 Å². The van der Waals surface area contributed by atoms with Crippen molar-refractivity contribution >= 4 is 11.6 Å². The van der Waals surface area contributed by atoms with Gasteiger partial charge in [-0.15, -0.1) is 0 Å². The molecule has 4 nitrogen and oxygen atoms in total. The summed E-state index contributed by atoms with van der Waals surface area (Å²) < 4.78 is 57.4. The molecule has 0 unspecified atom stereocenters. The number of carbonyl (C=O) groups is 1. The molecule has 0 aliphatic rings. The van der Waals surface area contributed by atoms with Crippen LogP contribution in [0.25, 0.3) is 16.9 Å². The fourth-order valence-electron chi connectivity index (χ4n) is 2.26. The van der Waals surface area contributed by atoms with Gasteiger partial charge in [-0.2, -0.15) is 0 Å². The highest BCUT2D eigenvalue weighted by Crippen LogP contribution is 2.26. The Bertz CT molecular complexity index is 1140. The molecule has 0 spiro atoms. The van der Waals surface area contributed by atoms with Crippen LogP contribution in [0.5, 0.6) is 0 Å². The monoisotopic (exact) mass is 314 g/mol. The third-order valence-corrected chi connectivity index (χ3v) is 3.52. The molecular weight excluding hydrogens is 286 g/mol. The second kappa shape index (κ2) is 5.88. The van der Waals surface area contributed by atoms with Crippen LogP contribution in [-0.4, -0.2) is 34.3 Å². The van der Waals surface area contributed by atoms with Gasteiger partial charge < -0.3 is 9.30 Å². The summed E-state index contributed by atoms with van der Waals surface area (Å²) in [5, 5.41) is 0. The average molecular weight is 314 g/mol. The van der Waals surface area contributed by atoms with Crippen molar-refractivity contribution in [3.63, 3.8) is 0 Å². The van der Waals surface area contributed by atoms with Crippen LogP contribution in [0.2, 0.25) is 0 Å². The lowest BCUT2D eigenvalue weighted by Gasteiger charge is -2.11. The Hall–Kier alpha value is -2.62. The summed E-state index contributed by atoms with van der Waals surface area (Å²) in [6.45, 7) is -0.859. The summed E-state index contributed by atoms with van der Waals surface area (Å²) in [4.78, 5) is 18.3. The normalized spacial score (nSPS) is 15.9. The number of hydrogen-bond donors (Lipinski definition) is 0. The summed E-state index contributed by atoms with van der Waals surface area (Å²) in [5.74, 6) is -0.278. The second-order valence-electron chi connectivity index (χ2n) is 5.52. The Morgan fingerprint density at radius 3 is 2.65 bits per heavy atom. The molecular formula is C19H21N3O. The molecule has 2 heterocycles. The van der Waals surface area contributed by atoms with E-state index >= 15 is 0 Å². The molecule has 0 fully saturated rings. The van der Waals surface area contributed by atoms with E-state index in [0.29, 0.717) is 11.3 Å². The first kappa shape index (κ1) is 8.87. The number of amides is 1. The topological polar surface area (TPSA) is 37.6 Å². The molecule has 23 heavy (non-hydrogen) atoms. The van der Waals surface area contributed by atoms with Crippen molar-refractivity contribution in [3.05, 3.63) is 59.3 Å². The third-order valence-electron chi connectivity index (χ3n) is 3.52. The van der Waals surface area contributed by atoms with Gasteiger partial charge in [0.15, 0.2) is 0 Å².